The van der Waals surface area contributed by atoms with E-state index in [1.807, 2.05) is 38.1 Å². The highest BCUT2D eigenvalue weighted by molar-refractivity contribution is 7.15. The van der Waals surface area contributed by atoms with Gasteiger partial charge in [0.15, 0.2) is 5.13 Å². The van der Waals surface area contributed by atoms with Crippen molar-refractivity contribution in [1.82, 2.24) is 15.2 Å². The first-order chi connectivity index (χ1) is 13.9. The number of thiazole rings is 1. The molecule has 1 aliphatic heterocycles. The van der Waals surface area contributed by atoms with E-state index < -0.39 is 12.1 Å². The molecule has 1 aliphatic rings. The molecule has 29 heavy (non-hydrogen) atoms. The van der Waals surface area contributed by atoms with Crippen molar-refractivity contribution in [2.24, 2.45) is 0 Å². The number of aromatic nitrogens is 1. The Morgan fingerprint density at radius 3 is 2.62 bits per heavy atom. The molecule has 0 radical (unpaired) electrons. The van der Waals surface area contributed by atoms with Crippen molar-refractivity contribution in [3.05, 3.63) is 40.4 Å². The van der Waals surface area contributed by atoms with Crippen LogP contribution in [-0.4, -0.2) is 47.4 Å². The molecule has 1 aromatic carbocycles. The molecule has 1 fully saturated rings. The topological polar surface area (TPSA) is 101 Å². The minimum atomic E-state index is -0.677. The molecule has 3 rings (SSSR count). The van der Waals surface area contributed by atoms with Crippen molar-refractivity contribution in [2.75, 3.05) is 19.0 Å². The van der Waals surface area contributed by atoms with Crippen LogP contribution in [0.25, 0.3) is 0 Å². The molecule has 9 heteroatoms. The molecule has 0 aliphatic carbocycles. The normalized spacial score (nSPS) is 16.1. The number of carbonyl (C=O) groups is 3. The number of ether oxygens (including phenoxy) is 1. The molecule has 0 unspecified atom stereocenters. The summed E-state index contributed by atoms with van der Waals surface area (Å²) in [6, 6.07) is 6.40. The van der Waals surface area contributed by atoms with Crippen LogP contribution >= 0.6 is 11.3 Å². The zero-order chi connectivity index (χ0) is 21.0. The maximum Gasteiger partial charge on any atom is 0.324 e. The largest absolute Gasteiger partial charge is 0.497 e. The van der Waals surface area contributed by atoms with Gasteiger partial charge in [0, 0.05) is 17.8 Å². The van der Waals surface area contributed by atoms with Crippen molar-refractivity contribution >= 4 is 34.3 Å². The second kappa shape index (κ2) is 9.04. The first-order valence-corrected chi connectivity index (χ1v) is 10.2. The summed E-state index contributed by atoms with van der Waals surface area (Å²) in [5.41, 5.74) is 1.89. The Balaban J connectivity index is 1.48. The molecule has 1 aromatic heterocycles. The monoisotopic (exact) mass is 416 g/mol. The average Bonchev–Trinajstić information content (AvgIpc) is 3.16. The van der Waals surface area contributed by atoms with Crippen LogP contribution in [0.15, 0.2) is 24.3 Å². The maximum atomic E-state index is 12.5. The highest BCUT2D eigenvalue weighted by atomic mass is 32.1. The molecule has 2 heterocycles. The third-order valence-corrected chi connectivity index (χ3v) is 5.81. The van der Waals surface area contributed by atoms with Crippen LogP contribution in [0.1, 0.15) is 29.0 Å². The fourth-order valence-corrected chi connectivity index (χ4v) is 3.83. The molecule has 1 atom stereocenters. The van der Waals surface area contributed by atoms with E-state index in [0.717, 1.165) is 21.9 Å². The van der Waals surface area contributed by atoms with E-state index in [1.54, 1.807) is 7.11 Å². The number of anilines is 1. The average molecular weight is 417 g/mol. The molecule has 2 N–H and O–H groups in total. The lowest BCUT2D eigenvalue weighted by molar-refractivity contribution is -0.127. The molecule has 4 amide bonds. The minimum absolute atomic E-state index is 0.126. The zero-order valence-corrected chi connectivity index (χ0v) is 17.5. The lowest BCUT2D eigenvalue weighted by Crippen LogP contribution is -2.33. The van der Waals surface area contributed by atoms with Crippen LogP contribution in [-0.2, 0) is 16.0 Å². The Bertz CT molecular complexity index is 890. The van der Waals surface area contributed by atoms with Gasteiger partial charge >= 0.3 is 6.03 Å². The number of nitrogens with one attached hydrogen (secondary N) is 2. The van der Waals surface area contributed by atoms with E-state index in [9.17, 15) is 14.4 Å². The third kappa shape index (κ3) is 5.11. The highest BCUT2D eigenvalue weighted by Crippen LogP contribution is 2.21. The van der Waals surface area contributed by atoms with E-state index >= 15 is 0 Å². The summed E-state index contributed by atoms with van der Waals surface area (Å²) in [5.74, 6) is 0.236. The van der Waals surface area contributed by atoms with Crippen LogP contribution in [0.2, 0.25) is 0 Å². The van der Waals surface area contributed by atoms with Crippen LogP contribution in [0.3, 0.4) is 0 Å². The van der Waals surface area contributed by atoms with Gasteiger partial charge in [-0.3, -0.25) is 14.5 Å². The predicted octanol–water partition coefficient (Wildman–Crippen LogP) is 2.65. The van der Waals surface area contributed by atoms with Gasteiger partial charge in [-0.2, -0.15) is 0 Å². The summed E-state index contributed by atoms with van der Waals surface area (Å²) in [7, 11) is 1.60. The predicted molar refractivity (Wildman–Crippen MR) is 110 cm³/mol. The standard InChI is InChI=1S/C20H24N4O4S/c1-12-13(2)29-19(21-12)23-17(25)9-8-16-18(26)24(20(27)22-16)11-10-14-4-6-15(28-3)7-5-14/h4-7,16H,8-11H2,1-3H3,(H,22,27)(H,21,23,25)/t16-/m1/s1. The number of rotatable bonds is 8. The Kier molecular flexibility index (Phi) is 6.48. The molecular formula is C20H24N4O4S. The van der Waals surface area contributed by atoms with E-state index in [1.165, 1.54) is 16.2 Å². The summed E-state index contributed by atoms with van der Waals surface area (Å²) >= 11 is 1.41. The van der Waals surface area contributed by atoms with Gasteiger partial charge in [0.05, 0.1) is 12.8 Å². The number of imide groups is 1. The number of aryl methyl sites for hydroxylation is 2. The van der Waals surface area contributed by atoms with Gasteiger partial charge < -0.3 is 15.4 Å². The Morgan fingerprint density at radius 2 is 2.00 bits per heavy atom. The van der Waals surface area contributed by atoms with Crippen molar-refractivity contribution in [2.45, 2.75) is 39.2 Å². The van der Waals surface area contributed by atoms with Gasteiger partial charge in [-0.1, -0.05) is 12.1 Å². The molecule has 154 valence electrons. The fraction of sp³-hybridized carbons (Fsp3) is 0.400. The molecule has 0 saturated carbocycles. The summed E-state index contributed by atoms with van der Waals surface area (Å²) in [6.45, 7) is 4.11. The number of nitrogens with zero attached hydrogens (tertiary/aromatic N) is 2. The van der Waals surface area contributed by atoms with Crippen LogP contribution in [0.4, 0.5) is 9.93 Å². The van der Waals surface area contributed by atoms with Crippen LogP contribution < -0.4 is 15.4 Å². The first kappa shape index (κ1) is 20.8. The van der Waals surface area contributed by atoms with Crippen molar-refractivity contribution in [3.63, 3.8) is 0 Å². The molecular weight excluding hydrogens is 392 g/mol. The summed E-state index contributed by atoms with van der Waals surface area (Å²) < 4.78 is 5.12. The Morgan fingerprint density at radius 1 is 1.28 bits per heavy atom. The summed E-state index contributed by atoms with van der Waals surface area (Å²) in [5, 5.41) is 5.96. The van der Waals surface area contributed by atoms with Crippen molar-refractivity contribution in [3.8, 4) is 5.75 Å². The highest BCUT2D eigenvalue weighted by Gasteiger charge is 2.37. The molecule has 0 bridgehead atoms. The lowest BCUT2D eigenvalue weighted by Gasteiger charge is -2.13. The molecule has 1 saturated heterocycles. The van der Waals surface area contributed by atoms with Gasteiger partial charge in [-0.15, -0.1) is 11.3 Å². The number of methoxy groups -OCH3 is 1. The molecule has 2 aromatic rings. The molecule has 0 spiro atoms. The zero-order valence-electron chi connectivity index (χ0n) is 16.7. The second-order valence-electron chi connectivity index (χ2n) is 6.84. The molecule has 8 nitrogen and oxygen atoms in total. The number of hydrogen-bond donors (Lipinski definition) is 2. The first-order valence-electron chi connectivity index (χ1n) is 9.36. The maximum absolute atomic E-state index is 12.5. The smallest absolute Gasteiger partial charge is 0.324 e. The van der Waals surface area contributed by atoms with Gasteiger partial charge in [-0.25, -0.2) is 9.78 Å². The quantitative estimate of drug-likeness (QED) is 0.645. The Labute approximate surface area is 173 Å². The van der Waals surface area contributed by atoms with E-state index in [2.05, 4.69) is 15.6 Å². The summed E-state index contributed by atoms with van der Waals surface area (Å²) in [6.07, 6.45) is 0.929. The van der Waals surface area contributed by atoms with E-state index in [-0.39, 0.29) is 31.2 Å². The van der Waals surface area contributed by atoms with Crippen molar-refractivity contribution < 1.29 is 19.1 Å². The number of hydrogen-bond acceptors (Lipinski definition) is 6. The van der Waals surface area contributed by atoms with Crippen molar-refractivity contribution in [1.29, 1.82) is 0 Å². The number of carbonyl (C=O) groups excluding carboxylic acids is 3. The van der Waals surface area contributed by atoms with Crippen LogP contribution in [0, 0.1) is 13.8 Å². The lowest BCUT2D eigenvalue weighted by atomic mass is 10.1. The Hall–Kier alpha value is -2.94. The van der Waals surface area contributed by atoms with Crippen LogP contribution in [0.5, 0.6) is 5.75 Å². The number of benzene rings is 1. The van der Waals surface area contributed by atoms with Gasteiger partial charge in [0.1, 0.15) is 11.8 Å². The van der Waals surface area contributed by atoms with E-state index in [0.29, 0.717) is 11.6 Å². The van der Waals surface area contributed by atoms with E-state index in [4.69, 9.17) is 4.74 Å². The third-order valence-electron chi connectivity index (χ3n) is 4.83. The number of amides is 4. The van der Waals surface area contributed by atoms with Gasteiger partial charge in [-0.05, 0) is 44.4 Å². The second-order valence-corrected chi connectivity index (χ2v) is 8.04. The fourth-order valence-electron chi connectivity index (χ4n) is 3.00. The summed E-state index contributed by atoms with van der Waals surface area (Å²) in [4.78, 5) is 43.3. The minimum Gasteiger partial charge on any atom is -0.497 e. The van der Waals surface area contributed by atoms with Gasteiger partial charge in [0.25, 0.3) is 5.91 Å². The van der Waals surface area contributed by atoms with Gasteiger partial charge in [0.2, 0.25) is 5.91 Å². The SMILES string of the molecule is COc1ccc(CCN2C(=O)N[C@H](CCC(=O)Nc3nc(C)c(C)s3)C2=O)cc1. The number of urea groups is 1.